The van der Waals surface area contributed by atoms with Crippen molar-refractivity contribution in [2.24, 2.45) is 0 Å². The van der Waals surface area contributed by atoms with Gasteiger partial charge in [0.25, 0.3) is 16.4 Å². The average molecular weight is 641 g/mol. The summed E-state index contributed by atoms with van der Waals surface area (Å²) in [6.45, 7) is 7.78. The number of hydrogen-bond acceptors (Lipinski definition) is 3. The molecular weight excluding hydrogens is 620 g/mol. The number of carboxylic acids is 1. The number of carbonyl (C=O) groups is 1. The molecule has 0 amide bonds. The number of alkyl halides is 2. The van der Waals surface area contributed by atoms with Crippen LogP contribution in [0.2, 0.25) is 0 Å². The molecule has 1 N–H and O–H groups in total. The summed E-state index contributed by atoms with van der Waals surface area (Å²) in [7, 11) is -4.57. The zero-order chi connectivity index (χ0) is 32.7. The van der Waals surface area contributed by atoms with Gasteiger partial charge in [0.15, 0.2) is 5.69 Å². The molecule has 0 bridgehead atoms. The van der Waals surface area contributed by atoms with Gasteiger partial charge in [-0.3, -0.25) is 0 Å². The van der Waals surface area contributed by atoms with E-state index in [0.717, 1.165) is 46.4 Å². The second-order valence-corrected chi connectivity index (χ2v) is 12.0. The number of fused-ring (bicyclic) bond motifs is 1. The summed E-state index contributed by atoms with van der Waals surface area (Å²) in [5, 5.41) is 9.42. The predicted molar refractivity (Wildman–Crippen MR) is 165 cm³/mol. The summed E-state index contributed by atoms with van der Waals surface area (Å²) < 4.78 is 86.5. The molecule has 6 aromatic rings. The van der Waals surface area contributed by atoms with Crippen LogP contribution in [0.1, 0.15) is 22.3 Å². The largest absolute Gasteiger partial charge is 0.478 e. The molecular formula is C35H20F4N2O4S. The normalized spacial score (nSPS) is 11.6. The van der Waals surface area contributed by atoms with Gasteiger partial charge >= 0.3 is 5.97 Å². The van der Waals surface area contributed by atoms with Crippen molar-refractivity contribution in [1.82, 2.24) is 3.97 Å². The second-order valence-electron chi connectivity index (χ2n) is 10.2. The summed E-state index contributed by atoms with van der Waals surface area (Å²) in [4.78, 5) is 14.6. The first-order valence-electron chi connectivity index (χ1n) is 13.6. The molecule has 11 heteroatoms. The topological polar surface area (TPSA) is 80.7 Å². The van der Waals surface area contributed by atoms with Crippen LogP contribution in [-0.4, -0.2) is 23.5 Å². The molecule has 0 spiro atoms. The maximum atomic E-state index is 15.2. The average Bonchev–Trinajstić information content (AvgIpc) is 3.39. The third-order valence-corrected chi connectivity index (χ3v) is 9.24. The number of para-hydroxylation sites is 1. The fourth-order valence-electron chi connectivity index (χ4n) is 5.41. The first-order chi connectivity index (χ1) is 22.0. The molecule has 0 aliphatic heterocycles. The number of hydrogen-bond donors (Lipinski definition) is 1. The van der Waals surface area contributed by atoms with Crippen LogP contribution in [0.15, 0.2) is 114 Å². The van der Waals surface area contributed by atoms with E-state index in [9.17, 15) is 31.5 Å². The molecule has 0 fully saturated rings. The number of aromatic nitrogens is 1. The fraction of sp³-hybridized carbons (Fsp3) is 0.0286. The Labute approximate surface area is 260 Å². The molecule has 1 heterocycles. The SMILES string of the molecule is [C-]#[N+]c1ccccc1-c1c(-c2cccc(-c3ccc(C(=O)O)cc3F)c2)n(S(=O)(=O)c2ccc(C(F)F)cc2)c2ccc(F)cc12. The smallest absolute Gasteiger partial charge is 0.335 e. The van der Waals surface area contributed by atoms with Gasteiger partial charge in [0, 0.05) is 27.6 Å². The highest BCUT2D eigenvalue weighted by atomic mass is 32.2. The Kier molecular flexibility index (Phi) is 7.67. The van der Waals surface area contributed by atoms with E-state index in [1.807, 2.05) is 0 Å². The van der Waals surface area contributed by atoms with Gasteiger partial charge in [-0.1, -0.05) is 60.7 Å². The minimum atomic E-state index is -4.57. The van der Waals surface area contributed by atoms with Crippen molar-refractivity contribution in [3.63, 3.8) is 0 Å². The Morgan fingerprint density at radius 3 is 2.20 bits per heavy atom. The number of benzene rings is 5. The molecule has 0 saturated carbocycles. The Morgan fingerprint density at radius 1 is 0.804 bits per heavy atom. The van der Waals surface area contributed by atoms with E-state index in [1.165, 1.54) is 30.3 Å². The van der Waals surface area contributed by atoms with Gasteiger partial charge in [0.05, 0.1) is 28.2 Å². The van der Waals surface area contributed by atoms with Crippen LogP contribution < -0.4 is 0 Å². The van der Waals surface area contributed by atoms with Crippen molar-refractivity contribution in [3.05, 3.63) is 143 Å². The lowest BCUT2D eigenvalue weighted by atomic mass is 9.95. The molecule has 0 saturated heterocycles. The van der Waals surface area contributed by atoms with Gasteiger partial charge in [-0.2, -0.15) is 0 Å². The summed E-state index contributed by atoms with van der Waals surface area (Å²) in [6, 6.07) is 23.6. The minimum absolute atomic E-state index is 0.0130. The zero-order valence-corrected chi connectivity index (χ0v) is 24.3. The maximum Gasteiger partial charge on any atom is 0.335 e. The molecule has 0 atom stereocenters. The van der Waals surface area contributed by atoms with Crippen LogP contribution in [0.25, 0.3) is 49.3 Å². The Bertz CT molecular complexity index is 2330. The predicted octanol–water partition coefficient (Wildman–Crippen LogP) is 9.34. The van der Waals surface area contributed by atoms with E-state index in [1.54, 1.807) is 36.4 Å². The van der Waals surface area contributed by atoms with Crippen molar-refractivity contribution in [1.29, 1.82) is 0 Å². The van der Waals surface area contributed by atoms with Crippen molar-refractivity contribution < 1.29 is 35.9 Å². The third-order valence-electron chi connectivity index (χ3n) is 7.51. The third kappa shape index (κ3) is 5.18. The van der Waals surface area contributed by atoms with Crippen LogP contribution in [0.3, 0.4) is 0 Å². The molecule has 6 rings (SSSR count). The van der Waals surface area contributed by atoms with Gasteiger partial charge in [-0.15, -0.1) is 0 Å². The van der Waals surface area contributed by atoms with Crippen LogP contribution >= 0.6 is 0 Å². The molecule has 0 unspecified atom stereocenters. The molecule has 228 valence electrons. The summed E-state index contributed by atoms with van der Waals surface area (Å²) >= 11 is 0. The van der Waals surface area contributed by atoms with Crippen LogP contribution in [0.4, 0.5) is 23.2 Å². The molecule has 1 aromatic heterocycles. The Balaban J connectivity index is 1.72. The first kappa shape index (κ1) is 30.3. The highest BCUT2D eigenvalue weighted by Crippen LogP contribution is 2.46. The van der Waals surface area contributed by atoms with E-state index in [4.69, 9.17) is 6.57 Å². The second kappa shape index (κ2) is 11.6. The van der Waals surface area contributed by atoms with E-state index in [2.05, 4.69) is 4.85 Å². The molecule has 5 aromatic carbocycles. The molecule has 0 aliphatic rings. The molecule has 46 heavy (non-hydrogen) atoms. The highest BCUT2D eigenvalue weighted by molar-refractivity contribution is 7.90. The fourth-order valence-corrected chi connectivity index (χ4v) is 6.95. The van der Waals surface area contributed by atoms with Crippen LogP contribution in [-0.2, 0) is 10.0 Å². The number of halogens is 4. The van der Waals surface area contributed by atoms with Crippen molar-refractivity contribution in [2.45, 2.75) is 11.3 Å². The molecule has 6 nitrogen and oxygen atoms in total. The van der Waals surface area contributed by atoms with E-state index >= 15 is 4.39 Å². The molecule has 0 aliphatic carbocycles. The summed E-state index contributed by atoms with van der Waals surface area (Å²) in [5.74, 6) is -2.82. The van der Waals surface area contributed by atoms with Crippen LogP contribution in [0, 0.1) is 18.2 Å². The van der Waals surface area contributed by atoms with Crippen molar-refractivity contribution in [2.75, 3.05) is 0 Å². The summed E-state index contributed by atoms with van der Waals surface area (Å²) in [5.41, 5.74) is 0.615. The number of nitrogens with zero attached hydrogens (tertiary/aromatic N) is 2. The zero-order valence-electron chi connectivity index (χ0n) is 23.5. The lowest BCUT2D eigenvalue weighted by Crippen LogP contribution is -2.14. The first-order valence-corrected chi connectivity index (χ1v) is 15.0. The van der Waals surface area contributed by atoms with Gasteiger partial charge in [-0.05, 0) is 59.7 Å². The van der Waals surface area contributed by atoms with E-state index in [0.29, 0.717) is 5.56 Å². The Morgan fingerprint density at radius 2 is 1.52 bits per heavy atom. The van der Waals surface area contributed by atoms with E-state index in [-0.39, 0.29) is 60.6 Å². The van der Waals surface area contributed by atoms with Gasteiger partial charge < -0.3 is 5.11 Å². The lowest BCUT2D eigenvalue weighted by Gasteiger charge is -2.16. The maximum absolute atomic E-state index is 15.2. The van der Waals surface area contributed by atoms with Gasteiger partial charge in [-0.25, -0.2) is 39.6 Å². The number of carboxylic acid groups (broad SMARTS) is 1. The number of rotatable bonds is 7. The van der Waals surface area contributed by atoms with Gasteiger partial charge in [0.2, 0.25) is 0 Å². The standard InChI is InChI=1S/C35H20F4N2O4S/c1-40-30-8-3-2-7-27(30)32-28-19-24(36)12-16-31(28)41(46(44,45)25-13-9-20(10-14-25)34(38)39)33(32)22-6-4-5-21(17-22)26-15-11-23(35(42)43)18-29(26)37/h2-19,34H,(H,42,43). The summed E-state index contributed by atoms with van der Waals surface area (Å²) in [6.07, 6.45) is -2.83. The molecule has 0 radical (unpaired) electrons. The highest BCUT2D eigenvalue weighted by Gasteiger charge is 2.30. The van der Waals surface area contributed by atoms with Crippen molar-refractivity contribution in [3.8, 4) is 33.5 Å². The monoisotopic (exact) mass is 640 g/mol. The number of aromatic carboxylic acids is 1. The minimum Gasteiger partial charge on any atom is -0.478 e. The van der Waals surface area contributed by atoms with Crippen LogP contribution in [0.5, 0.6) is 0 Å². The Hall–Kier alpha value is -5.73. The van der Waals surface area contributed by atoms with Gasteiger partial charge in [0.1, 0.15) is 11.6 Å². The quantitative estimate of drug-likeness (QED) is 0.139. The van der Waals surface area contributed by atoms with E-state index < -0.39 is 34.1 Å². The lowest BCUT2D eigenvalue weighted by molar-refractivity contribution is 0.0696. The van der Waals surface area contributed by atoms with Crippen molar-refractivity contribution >= 4 is 32.6 Å².